The van der Waals surface area contributed by atoms with Crippen LogP contribution in [0.4, 0.5) is 5.95 Å². The smallest absolute Gasteiger partial charge is 0.246 e. The van der Waals surface area contributed by atoms with Crippen molar-refractivity contribution in [2.45, 2.75) is 30.7 Å². The molecule has 8 heteroatoms. The summed E-state index contributed by atoms with van der Waals surface area (Å²) in [6, 6.07) is 0.0263. The first kappa shape index (κ1) is 16.1. The van der Waals surface area contributed by atoms with Gasteiger partial charge in [0.05, 0.1) is 12.4 Å². The number of likely N-dealkylation sites (N-methyl/N-ethyl adjacent to an activating group) is 1. The van der Waals surface area contributed by atoms with E-state index in [4.69, 9.17) is 0 Å². The van der Waals surface area contributed by atoms with Crippen molar-refractivity contribution in [3.8, 4) is 0 Å². The largest absolute Gasteiger partial charge is 0.355 e. The summed E-state index contributed by atoms with van der Waals surface area (Å²) in [7, 11) is 0.400. The molecule has 0 amide bonds. The van der Waals surface area contributed by atoms with Crippen molar-refractivity contribution in [3.05, 3.63) is 12.4 Å². The number of rotatable bonds is 6. The molecule has 1 N–H and O–H groups in total. The Bertz CT molecular complexity index is 558. The molecule has 7 nitrogen and oxygen atoms in total. The fourth-order valence-electron chi connectivity index (χ4n) is 2.56. The Morgan fingerprint density at radius 1 is 1.38 bits per heavy atom. The molecule has 0 aliphatic carbocycles. The van der Waals surface area contributed by atoms with E-state index in [1.54, 1.807) is 4.31 Å². The first-order valence-corrected chi connectivity index (χ1v) is 8.61. The molecule has 1 atom stereocenters. The number of nitrogens with zero attached hydrogens (tertiary/aromatic N) is 4. The number of sulfonamides is 1. The average Bonchev–Trinajstić information content (AvgIpc) is 2.88. The van der Waals surface area contributed by atoms with E-state index in [1.807, 2.05) is 25.9 Å². The molecule has 0 radical (unpaired) electrons. The predicted molar refractivity (Wildman–Crippen MR) is 81.7 cm³/mol. The van der Waals surface area contributed by atoms with Gasteiger partial charge < -0.3 is 10.2 Å². The standard InChI is InChI=1S/C13H23N5O2S/c1-4-14-13-15-8-12(9-16-13)21(19,20)18-7-5-6-11(18)10-17(2)3/h8-9,11H,4-7,10H2,1-3H3,(H,14,15,16). The molecule has 2 heterocycles. The predicted octanol–water partition coefficient (Wildman–Crippen LogP) is 0.623. The third-order valence-corrected chi connectivity index (χ3v) is 5.37. The fraction of sp³-hybridized carbons (Fsp3) is 0.692. The Hall–Kier alpha value is -1.25. The van der Waals surface area contributed by atoms with Gasteiger partial charge in [0.25, 0.3) is 0 Å². The second kappa shape index (κ2) is 6.67. The molecule has 2 rings (SSSR count). The number of nitrogens with one attached hydrogen (secondary N) is 1. The molecule has 1 aliphatic rings. The highest BCUT2D eigenvalue weighted by Gasteiger charge is 2.35. The van der Waals surface area contributed by atoms with Crippen molar-refractivity contribution in [3.63, 3.8) is 0 Å². The van der Waals surface area contributed by atoms with Crippen LogP contribution in [0.25, 0.3) is 0 Å². The van der Waals surface area contributed by atoms with E-state index >= 15 is 0 Å². The maximum Gasteiger partial charge on any atom is 0.246 e. The Morgan fingerprint density at radius 2 is 2.05 bits per heavy atom. The lowest BCUT2D eigenvalue weighted by Gasteiger charge is -2.26. The van der Waals surface area contributed by atoms with Crippen LogP contribution in [0.2, 0.25) is 0 Å². The monoisotopic (exact) mass is 313 g/mol. The maximum absolute atomic E-state index is 12.7. The highest BCUT2D eigenvalue weighted by Crippen LogP contribution is 2.25. The second-order valence-corrected chi connectivity index (χ2v) is 7.34. The van der Waals surface area contributed by atoms with Crippen LogP contribution >= 0.6 is 0 Å². The first-order chi connectivity index (χ1) is 9.95. The molecule has 0 saturated carbocycles. The minimum absolute atomic E-state index is 0.0263. The Labute approximate surface area is 126 Å². The number of hydrogen-bond donors (Lipinski definition) is 1. The third-order valence-electron chi connectivity index (χ3n) is 3.47. The lowest BCUT2D eigenvalue weighted by molar-refractivity contribution is 0.291. The molecule has 0 bridgehead atoms. The van der Waals surface area contributed by atoms with Crippen molar-refractivity contribution < 1.29 is 8.42 Å². The van der Waals surface area contributed by atoms with E-state index in [0.29, 0.717) is 19.0 Å². The highest BCUT2D eigenvalue weighted by molar-refractivity contribution is 7.89. The Balaban J connectivity index is 2.20. The van der Waals surface area contributed by atoms with Gasteiger partial charge in [0.2, 0.25) is 16.0 Å². The zero-order valence-electron chi connectivity index (χ0n) is 12.8. The van der Waals surface area contributed by atoms with Crippen LogP contribution < -0.4 is 5.32 Å². The van der Waals surface area contributed by atoms with Gasteiger partial charge in [-0.15, -0.1) is 0 Å². The molecule has 118 valence electrons. The second-order valence-electron chi connectivity index (χ2n) is 5.45. The molecular weight excluding hydrogens is 290 g/mol. The van der Waals surface area contributed by atoms with Crippen molar-refractivity contribution in [2.75, 3.05) is 39.0 Å². The highest BCUT2D eigenvalue weighted by atomic mass is 32.2. The van der Waals surface area contributed by atoms with E-state index in [2.05, 4.69) is 15.3 Å². The summed E-state index contributed by atoms with van der Waals surface area (Å²) in [4.78, 5) is 10.3. The number of aromatic nitrogens is 2. The van der Waals surface area contributed by atoms with Crippen molar-refractivity contribution in [2.24, 2.45) is 0 Å². The number of anilines is 1. The van der Waals surface area contributed by atoms with Crippen LogP contribution in [0.3, 0.4) is 0 Å². The van der Waals surface area contributed by atoms with E-state index in [9.17, 15) is 8.42 Å². The van der Waals surface area contributed by atoms with Crippen LogP contribution in [0, 0.1) is 0 Å². The average molecular weight is 313 g/mol. The van der Waals surface area contributed by atoms with Gasteiger partial charge in [-0.2, -0.15) is 4.31 Å². The lowest BCUT2D eigenvalue weighted by atomic mass is 10.2. The third kappa shape index (κ3) is 3.69. The van der Waals surface area contributed by atoms with E-state index in [-0.39, 0.29) is 10.9 Å². The van der Waals surface area contributed by atoms with Crippen LogP contribution in [-0.4, -0.2) is 67.4 Å². The van der Waals surface area contributed by atoms with Crippen LogP contribution in [0.5, 0.6) is 0 Å². The first-order valence-electron chi connectivity index (χ1n) is 7.17. The summed E-state index contributed by atoms with van der Waals surface area (Å²) >= 11 is 0. The zero-order chi connectivity index (χ0) is 15.5. The topological polar surface area (TPSA) is 78.4 Å². The Morgan fingerprint density at radius 3 is 2.62 bits per heavy atom. The fourth-order valence-corrected chi connectivity index (χ4v) is 4.14. The lowest BCUT2D eigenvalue weighted by Crippen LogP contribution is -2.41. The molecule has 1 aromatic rings. The van der Waals surface area contributed by atoms with E-state index < -0.39 is 10.0 Å². The molecule has 1 saturated heterocycles. The molecule has 21 heavy (non-hydrogen) atoms. The molecule has 1 fully saturated rings. The van der Waals surface area contributed by atoms with Crippen molar-refractivity contribution >= 4 is 16.0 Å². The van der Waals surface area contributed by atoms with Crippen molar-refractivity contribution in [1.29, 1.82) is 0 Å². The van der Waals surface area contributed by atoms with Crippen molar-refractivity contribution in [1.82, 2.24) is 19.2 Å². The van der Waals surface area contributed by atoms with Crippen LogP contribution in [0.1, 0.15) is 19.8 Å². The van der Waals surface area contributed by atoms with Gasteiger partial charge in [0.15, 0.2) is 0 Å². The van der Waals surface area contributed by atoms with Gasteiger partial charge in [0.1, 0.15) is 4.90 Å². The van der Waals surface area contributed by atoms with Gasteiger partial charge >= 0.3 is 0 Å². The summed E-state index contributed by atoms with van der Waals surface area (Å²) in [6.45, 7) is 3.93. The minimum atomic E-state index is -3.51. The molecule has 1 unspecified atom stereocenters. The van der Waals surface area contributed by atoms with Gasteiger partial charge in [-0.05, 0) is 33.9 Å². The maximum atomic E-state index is 12.7. The number of hydrogen-bond acceptors (Lipinski definition) is 6. The summed E-state index contributed by atoms with van der Waals surface area (Å²) in [6.07, 6.45) is 4.55. The molecule has 1 aliphatic heterocycles. The molecule has 0 spiro atoms. The normalized spacial score (nSPS) is 20.1. The molecule has 1 aromatic heterocycles. The zero-order valence-corrected chi connectivity index (χ0v) is 13.6. The van der Waals surface area contributed by atoms with Gasteiger partial charge in [-0.3, -0.25) is 0 Å². The molecular formula is C13H23N5O2S. The Kier molecular flexibility index (Phi) is 5.13. The van der Waals surface area contributed by atoms with Gasteiger partial charge in [-0.1, -0.05) is 0 Å². The van der Waals surface area contributed by atoms with E-state index in [1.165, 1.54) is 12.4 Å². The summed E-state index contributed by atoms with van der Waals surface area (Å²) < 4.78 is 27.0. The SMILES string of the molecule is CCNc1ncc(S(=O)(=O)N2CCCC2CN(C)C)cn1. The van der Waals surface area contributed by atoms with Crippen LogP contribution in [-0.2, 0) is 10.0 Å². The van der Waals surface area contributed by atoms with E-state index in [0.717, 1.165) is 19.4 Å². The van der Waals surface area contributed by atoms with Gasteiger partial charge in [0, 0.05) is 25.7 Å². The summed E-state index contributed by atoms with van der Waals surface area (Å²) in [5, 5.41) is 2.95. The molecule has 0 aromatic carbocycles. The van der Waals surface area contributed by atoms with Crippen LogP contribution in [0.15, 0.2) is 17.3 Å². The summed E-state index contributed by atoms with van der Waals surface area (Å²) in [5.74, 6) is 0.447. The van der Waals surface area contributed by atoms with Gasteiger partial charge in [-0.25, -0.2) is 18.4 Å². The summed E-state index contributed by atoms with van der Waals surface area (Å²) in [5.41, 5.74) is 0. The quantitative estimate of drug-likeness (QED) is 0.829. The minimum Gasteiger partial charge on any atom is -0.355 e.